The number of rotatable bonds is 5. The van der Waals surface area contributed by atoms with Gasteiger partial charge in [0, 0.05) is 87.0 Å². The van der Waals surface area contributed by atoms with Crippen molar-refractivity contribution < 1.29 is 9.59 Å². The van der Waals surface area contributed by atoms with Crippen molar-refractivity contribution in [3.8, 4) is 11.4 Å². The van der Waals surface area contributed by atoms with Crippen molar-refractivity contribution in [3.05, 3.63) is 114 Å². The van der Waals surface area contributed by atoms with Crippen LogP contribution in [-0.2, 0) is 9.59 Å². The minimum Gasteiger partial charge on any atom is -0.371 e. The van der Waals surface area contributed by atoms with E-state index in [9.17, 15) is 0 Å². The van der Waals surface area contributed by atoms with E-state index in [1.165, 1.54) is 79.7 Å². The first-order valence-corrected chi connectivity index (χ1v) is 22.1. The van der Waals surface area contributed by atoms with Gasteiger partial charge < -0.3 is 23.8 Å². The molecule has 2 aromatic carbocycles. The topological polar surface area (TPSA) is 80.6 Å². The van der Waals surface area contributed by atoms with E-state index in [1.807, 2.05) is 0 Å². The van der Waals surface area contributed by atoms with Gasteiger partial charge in [0.2, 0.25) is 6.54 Å². The van der Waals surface area contributed by atoms with Crippen molar-refractivity contribution in [3.63, 3.8) is 0 Å². The van der Waals surface area contributed by atoms with Gasteiger partial charge in [0.25, 0.3) is 0 Å². The van der Waals surface area contributed by atoms with E-state index < -0.39 is 0 Å². The van der Waals surface area contributed by atoms with Crippen molar-refractivity contribution >= 4 is 71.5 Å². The van der Waals surface area contributed by atoms with Gasteiger partial charge in [0.15, 0.2) is 0 Å². The number of hydrogen-bond acceptors (Lipinski definition) is 6. The third kappa shape index (κ3) is 9.36. The molecule has 6 aromatic rings. The third-order valence-corrected chi connectivity index (χ3v) is 12.8. The molecule has 0 aliphatic carbocycles. The highest BCUT2D eigenvalue weighted by molar-refractivity contribution is 9.10. The summed E-state index contributed by atoms with van der Waals surface area (Å²) in [5.74, 6) is 1.37. The molecule has 0 spiro atoms. The Morgan fingerprint density at radius 2 is 0.983 bits per heavy atom. The van der Waals surface area contributed by atoms with Crippen LogP contribution >= 0.6 is 31.9 Å². The Balaban J connectivity index is 0.000000187. The van der Waals surface area contributed by atoms with E-state index in [4.69, 9.17) is 26.1 Å². The molecule has 2 aliphatic rings. The summed E-state index contributed by atoms with van der Waals surface area (Å²) in [6.45, 7) is 31.8. The lowest BCUT2D eigenvalue weighted by Crippen LogP contribution is -2.34. The van der Waals surface area contributed by atoms with Crippen LogP contribution in [0.1, 0.15) is 77.4 Å². The molecule has 0 N–H and O–H groups in total. The van der Waals surface area contributed by atoms with Gasteiger partial charge in [-0.1, -0.05) is 38.8 Å². The molecule has 2 fully saturated rings. The summed E-state index contributed by atoms with van der Waals surface area (Å²) in [6, 6.07) is 13.2. The van der Waals surface area contributed by atoms with Gasteiger partial charge in [-0.15, -0.1) is 0 Å². The lowest BCUT2D eigenvalue weighted by atomic mass is 9.96. The molecule has 0 saturated carbocycles. The van der Waals surface area contributed by atoms with Gasteiger partial charge in [-0.2, -0.15) is 9.59 Å². The summed E-state index contributed by atoms with van der Waals surface area (Å²) in [5.41, 5.74) is 16.9. The van der Waals surface area contributed by atoms with Crippen molar-refractivity contribution in [1.82, 2.24) is 19.1 Å². The number of anilines is 2. The number of benzene rings is 2. The van der Waals surface area contributed by atoms with Crippen molar-refractivity contribution in [2.45, 2.75) is 88.0 Å². The number of pyridine rings is 2. The first-order valence-electron chi connectivity index (χ1n) is 20.5. The maximum atomic E-state index is 8.12. The Morgan fingerprint density at radius 1 is 0.627 bits per heavy atom. The average molecular weight is 922 g/mol. The van der Waals surface area contributed by atoms with Crippen molar-refractivity contribution in [2.75, 3.05) is 42.5 Å². The number of aryl methyl sites for hydroxylation is 8. The highest BCUT2D eigenvalue weighted by Gasteiger charge is 2.26. The summed E-state index contributed by atoms with van der Waals surface area (Å²) in [5, 5.41) is 2.55. The molecule has 4 aromatic heterocycles. The van der Waals surface area contributed by atoms with E-state index in [0.717, 1.165) is 76.6 Å². The van der Waals surface area contributed by atoms with Gasteiger partial charge in [0.05, 0.1) is 11.4 Å². The molecule has 59 heavy (non-hydrogen) atoms. The first kappa shape index (κ1) is 43.8. The third-order valence-electron chi connectivity index (χ3n) is 11.9. The minimum atomic E-state index is 0.250. The Bertz CT molecular complexity index is 2530. The zero-order chi connectivity index (χ0) is 42.7. The smallest absolute Gasteiger partial charge is 0.371 e. The van der Waals surface area contributed by atoms with Gasteiger partial charge in [-0.05, 0) is 157 Å². The predicted octanol–water partition coefficient (Wildman–Crippen LogP) is 11.8. The zero-order valence-corrected chi connectivity index (χ0v) is 39.0. The molecule has 2 aliphatic heterocycles. The molecule has 0 radical (unpaired) electrons. The van der Waals surface area contributed by atoms with Crippen LogP contribution in [0, 0.1) is 73.8 Å². The summed E-state index contributed by atoms with van der Waals surface area (Å²) in [4.78, 5) is 34.9. The maximum absolute atomic E-state index is 8.12. The second-order valence-corrected chi connectivity index (χ2v) is 18.5. The van der Waals surface area contributed by atoms with E-state index in [2.05, 4.69) is 167 Å². The molecule has 308 valence electrons. The molecule has 8 rings (SSSR count). The van der Waals surface area contributed by atoms with Crippen LogP contribution in [0.5, 0.6) is 0 Å². The largest absolute Gasteiger partial charge is 0.373 e. The van der Waals surface area contributed by atoms with Crippen LogP contribution in [-0.4, -0.2) is 58.0 Å². The summed E-state index contributed by atoms with van der Waals surface area (Å²) in [7, 11) is 0. The van der Waals surface area contributed by atoms with Crippen LogP contribution in [0.4, 0.5) is 11.4 Å². The molecule has 11 heteroatoms. The lowest BCUT2D eigenvalue weighted by molar-refractivity contribution is -0.191. The normalized spacial score (nSPS) is 14.7. The number of carbonyl (C=O) groups excluding carboxylic acids is 2. The predicted molar refractivity (Wildman–Crippen MR) is 247 cm³/mol. The fraction of sp³-hybridized carbons (Fsp3) is 0.417. The van der Waals surface area contributed by atoms with E-state index in [1.54, 1.807) is 0 Å². The van der Waals surface area contributed by atoms with Crippen LogP contribution in [0.3, 0.4) is 0 Å². The number of halogens is 2. The monoisotopic (exact) mass is 919 g/mol. The molecule has 2 saturated heterocycles. The standard InChI is InChI=1S/C24H27BrN4.C23H28BrN3.CO2/c1-15-10-20(25)11-16(2)23(15)29-14-17(3)22-21(12-18(4)27-24(22)29)28-8-6-19(7-9-28)13-26-5;1-14-6-8-26(9-7-14)20-12-18(5)25-23-21(20)17(4)13-27(23)22-15(2)10-19(24)11-16(22)3;2-1-3/h10-12,14,19H,6-9,13H2,1-4H3;10-14H,6-9H2,1-5H3;. The molecular weight excluding hydrogens is 866 g/mol. The fourth-order valence-corrected chi connectivity index (χ4v) is 10.5. The second kappa shape index (κ2) is 18.7. The van der Waals surface area contributed by atoms with Crippen LogP contribution < -0.4 is 9.80 Å². The summed E-state index contributed by atoms with van der Waals surface area (Å²) < 4.78 is 6.80. The molecule has 0 bridgehead atoms. The van der Waals surface area contributed by atoms with Gasteiger partial charge in [0.1, 0.15) is 11.3 Å². The Labute approximate surface area is 365 Å². The van der Waals surface area contributed by atoms with Crippen LogP contribution in [0.15, 0.2) is 57.7 Å². The fourth-order valence-electron chi connectivity index (χ4n) is 9.16. The van der Waals surface area contributed by atoms with Gasteiger partial charge in [-0.25, -0.2) is 16.5 Å². The molecule has 0 amide bonds. The van der Waals surface area contributed by atoms with Crippen molar-refractivity contribution in [1.29, 1.82) is 0 Å². The summed E-state index contributed by atoms with van der Waals surface area (Å²) >= 11 is 7.24. The van der Waals surface area contributed by atoms with E-state index in [0.29, 0.717) is 12.5 Å². The van der Waals surface area contributed by atoms with Crippen molar-refractivity contribution in [2.24, 2.45) is 11.8 Å². The Morgan fingerprint density at radius 3 is 1.34 bits per heavy atom. The molecule has 9 nitrogen and oxygen atoms in total. The lowest BCUT2D eigenvalue weighted by Gasteiger charge is -2.33. The first-order chi connectivity index (χ1) is 28.1. The van der Waals surface area contributed by atoms with Crippen LogP contribution in [0.25, 0.3) is 38.3 Å². The Hall–Kier alpha value is -4.75. The number of hydrogen-bond donors (Lipinski definition) is 0. The van der Waals surface area contributed by atoms with Gasteiger partial charge in [-0.3, -0.25) is 0 Å². The number of piperidine rings is 2. The second-order valence-electron chi connectivity index (χ2n) is 16.6. The number of aromatic nitrogens is 4. The van der Waals surface area contributed by atoms with Gasteiger partial charge >= 0.3 is 6.15 Å². The molecule has 0 unspecified atom stereocenters. The molecule has 6 heterocycles. The highest BCUT2D eigenvalue weighted by atomic mass is 79.9. The quantitative estimate of drug-likeness (QED) is 0.160. The van der Waals surface area contributed by atoms with E-state index >= 15 is 0 Å². The average Bonchev–Trinajstić information content (AvgIpc) is 3.66. The highest BCUT2D eigenvalue weighted by Crippen LogP contribution is 2.38. The Kier molecular flexibility index (Phi) is 13.9. The zero-order valence-electron chi connectivity index (χ0n) is 35.8. The molecule has 0 atom stereocenters. The minimum absolute atomic E-state index is 0.250. The van der Waals surface area contributed by atoms with Crippen LogP contribution in [0.2, 0.25) is 0 Å². The number of fused-ring (bicyclic) bond motifs is 2. The molecular formula is C48H55Br2N7O2. The summed E-state index contributed by atoms with van der Waals surface area (Å²) in [6.07, 6.45) is 9.47. The SMILES string of the molecule is Cc1cc(N2CCC(C)CC2)c2c(C)cn(-c3c(C)cc(Br)cc3C)c2n1.O=C=O.[C-]#[N+]CC1CCN(c2cc(C)nc3c2c(C)cn3-c2c(C)cc(Br)cc2C)CC1. The van der Waals surface area contributed by atoms with E-state index in [-0.39, 0.29) is 6.15 Å². The number of nitrogens with zero attached hydrogens (tertiary/aromatic N) is 7. The maximum Gasteiger partial charge on any atom is 0.373 e.